The summed E-state index contributed by atoms with van der Waals surface area (Å²) in [6.07, 6.45) is 2.60. The van der Waals surface area contributed by atoms with Gasteiger partial charge in [0, 0.05) is 29.2 Å². The predicted octanol–water partition coefficient (Wildman–Crippen LogP) is 7.39. The quantitative estimate of drug-likeness (QED) is 0.222. The third-order valence-corrected chi connectivity index (χ3v) is 8.47. The number of benzene rings is 2. The smallest absolute Gasteiger partial charge is 0.405 e. The number of para-hydroxylation sites is 1. The molecule has 2 bridgehead atoms. The van der Waals surface area contributed by atoms with Crippen molar-refractivity contribution < 1.29 is 31.6 Å². The second kappa shape index (κ2) is 10.3. The van der Waals surface area contributed by atoms with Crippen molar-refractivity contribution in [1.82, 2.24) is 15.1 Å². The van der Waals surface area contributed by atoms with Crippen LogP contribution in [0.5, 0.6) is 5.75 Å². The molecule has 0 saturated heterocycles. The van der Waals surface area contributed by atoms with E-state index in [1.54, 1.807) is 24.4 Å². The maximum atomic E-state index is 13.5. The van der Waals surface area contributed by atoms with Crippen molar-refractivity contribution in [2.45, 2.75) is 69.6 Å². The Morgan fingerprint density at radius 2 is 1.76 bits per heavy atom. The molecule has 0 aliphatic heterocycles. The third-order valence-electron chi connectivity index (χ3n) is 8.47. The van der Waals surface area contributed by atoms with E-state index in [0.717, 1.165) is 38.5 Å². The fourth-order valence-corrected chi connectivity index (χ4v) is 6.49. The first-order chi connectivity index (χ1) is 19.8. The van der Waals surface area contributed by atoms with Crippen molar-refractivity contribution in [3.63, 3.8) is 0 Å². The Morgan fingerprint density at radius 3 is 2.51 bits per heavy atom. The number of ether oxygens (including phenoxy) is 2. The predicted molar refractivity (Wildman–Crippen MR) is 142 cm³/mol. The van der Waals surface area contributed by atoms with Crippen molar-refractivity contribution in [2.75, 3.05) is 5.32 Å². The molecule has 4 aromatic rings. The average Bonchev–Trinajstić information content (AvgIpc) is 3.66. The molecular weight excluding hydrogens is 540 g/mol. The number of alkyl halides is 3. The molecule has 2 aromatic carbocycles. The molecule has 0 spiro atoms. The molecule has 0 amide bonds. The monoisotopic (exact) mass is 568 g/mol. The minimum Gasteiger partial charge on any atom is -0.405 e. The van der Waals surface area contributed by atoms with Crippen molar-refractivity contribution in [3.05, 3.63) is 65.8 Å². The zero-order valence-electron chi connectivity index (χ0n) is 22.0. The van der Waals surface area contributed by atoms with Crippen molar-refractivity contribution >= 4 is 16.9 Å². The van der Waals surface area contributed by atoms with Crippen LogP contribution in [0.1, 0.15) is 55.8 Å². The molecule has 7 rings (SSSR count). The van der Waals surface area contributed by atoms with E-state index < -0.39 is 6.36 Å². The Morgan fingerprint density at radius 1 is 0.976 bits per heavy atom. The number of nitrogens with one attached hydrogen (secondary N) is 1. The summed E-state index contributed by atoms with van der Waals surface area (Å²) in [5.74, 6) is 1.68. The van der Waals surface area contributed by atoms with Crippen molar-refractivity contribution in [1.29, 1.82) is 0 Å². The number of fused-ring (bicyclic) bond motifs is 3. The van der Waals surface area contributed by atoms with Crippen LogP contribution in [0.15, 0.2) is 53.2 Å². The van der Waals surface area contributed by atoms with Gasteiger partial charge in [0.05, 0.1) is 29.9 Å². The highest BCUT2D eigenvalue weighted by atomic mass is 19.4. The first kappa shape index (κ1) is 26.2. The second-order valence-electron chi connectivity index (χ2n) is 11.3. The van der Waals surface area contributed by atoms with E-state index in [-0.39, 0.29) is 41.8 Å². The Labute approximate surface area is 233 Å². The minimum absolute atomic E-state index is 0.00712. The Hall–Kier alpha value is -3.73. The third kappa shape index (κ3) is 5.47. The molecule has 2 aromatic heterocycles. The highest BCUT2D eigenvalue weighted by Crippen LogP contribution is 2.47. The number of aromatic nitrogens is 3. The van der Waals surface area contributed by atoms with E-state index in [4.69, 9.17) is 9.26 Å². The average molecular weight is 569 g/mol. The molecular formula is C30H28F4N4O3. The Bertz CT molecular complexity index is 1560. The van der Waals surface area contributed by atoms with Gasteiger partial charge in [-0.25, -0.2) is 9.37 Å². The number of hydrogen-bond donors (Lipinski definition) is 1. The van der Waals surface area contributed by atoms with E-state index in [0.29, 0.717) is 45.7 Å². The van der Waals surface area contributed by atoms with Gasteiger partial charge in [0.2, 0.25) is 0 Å². The lowest BCUT2D eigenvalue weighted by Crippen LogP contribution is -2.39. The molecule has 3 aliphatic carbocycles. The molecule has 2 heterocycles. The molecule has 7 nitrogen and oxygen atoms in total. The van der Waals surface area contributed by atoms with Crippen LogP contribution in [0.4, 0.5) is 23.4 Å². The van der Waals surface area contributed by atoms with Crippen LogP contribution < -0.4 is 10.1 Å². The van der Waals surface area contributed by atoms with E-state index in [1.807, 2.05) is 0 Å². The van der Waals surface area contributed by atoms with Gasteiger partial charge in [0.1, 0.15) is 28.8 Å². The van der Waals surface area contributed by atoms with Gasteiger partial charge < -0.3 is 19.3 Å². The van der Waals surface area contributed by atoms with Crippen molar-refractivity contribution in [3.8, 4) is 17.0 Å². The number of nitrogens with zero attached hydrogens (tertiary/aromatic N) is 3. The summed E-state index contributed by atoms with van der Waals surface area (Å²) < 4.78 is 69.2. The fourth-order valence-electron chi connectivity index (χ4n) is 6.49. The Balaban J connectivity index is 1.06. The van der Waals surface area contributed by atoms with Gasteiger partial charge in [-0.15, -0.1) is 13.2 Å². The van der Waals surface area contributed by atoms with Crippen LogP contribution in [0.2, 0.25) is 0 Å². The van der Waals surface area contributed by atoms with Crippen LogP contribution in [-0.2, 0) is 11.3 Å². The number of halogens is 4. The summed E-state index contributed by atoms with van der Waals surface area (Å²) in [7, 11) is 0. The van der Waals surface area contributed by atoms with Gasteiger partial charge in [-0.1, -0.05) is 17.3 Å². The van der Waals surface area contributed by atoms with E-state index >= 15 is 0 Å². The first-order valence-electron chi connectivity index (χ1n) is 13.9. The van der Waals surface area contributed by atoms with Gasteiger partial charge in [0.25, 0.3) is 0 Å². The summed E-state index contributed by atoms with van der Waals surface area (Å²) in [4.78, 5) is 8.99. The topological polar surface area (TPSA) is 82.3 Å². The maximum absolute atomic E-state index is 13.5. The SMILES string of the molecule is Fc1ccc2nc(NC3C4CCC3CC(OCc3c(-c5ccccc5OC(F)(F)F)noc3C3CC3)C4)cnc2c1. The van der Waals surface area contributed by atoms with E-state index in [1.165, 1.54) is 24.3 Å². The number of hydrogen-bond acceptors (Lipinski definition) is 7. The zero-order valence-corrected chi connectivity index (χ0v) is 22.0. The van der Waals surface area contributed by atoms with Gasteiger partial charge in [-0.05, 0) is 74.6 Å². The van der Waals surface area contributed by atoms with Crippen LogP contribution in [0, 0.1) is 17.7 Å². The largest absolute Gasteiger partial charge is 0.573 e. The van der Waals surface area contributed by atoms with Gasteiger partial charge in [-0.2, -0.15) is 0 Å². The highest BCUT2D eigenvalue weighted by molar-refractivity contribution is 5.75. The summed E-state index contributed by atoms with van der Waals surface area (Å²) in [6, 6.07) is 10.6. The van der Waals surface area contributed by atoms with E-state index in [9.17, 15) is 17.6 Å². The van der Waals surface area contributed by atoms with Crippen LogP contribution in [-0.4, -0.2) is 33.6 Å². The molecule has 2 atom stereocenters. The van der Waals surface area contributed by atoms with Crippen LogP contribution in [0.25, 0.3) is 22.3 Å². The fraction of sp³-hybridized carbons (Fsp3) is 0.433. The summed E-state index contributed by atoms with van der Waals surface area (Å²) in [6.45, 7) is 0.208. The van der Waals surface area contributed by atoms with E-state index in [2.05, 4.69) is 25.2 Å². The lowest BCUT2D eigenvalue weighted by atomic mass is 9.82. The molecule has 214 valence electrons. The van der Waals surface area contributed by atoms with Gasteiger partial charge in [0.15, 0.2) is 0 Å². The zero-order chi connectivity index (χ0) is 28.1. The first-order valence-corrected chi connectivity index (χ1v) is 13.9. The maximum Gasteiger partial charge on any atom is 0.573 e. The highest BCUT2D eigenvalue weighted by Gasteiger charge is 2.44. The standard InChI is InChI=1S/C30H28F4N4O3/c31-19-9-10-23-24(13-19)35-14-26(36-23)37-27-17-7-8-18(27)12-20(11-17)39-15-22-28(38-41-29(22)16-5-6-16)21-3-1-2-4-25(21)40-30(32,33)34/h1-4,9-10,13-14,16-18,20,27H,5-8,11-12,15H2,(H,36,37). The van der Waals surface area contributed by atoms with Gasteiger partial charge in [-0.3, -0.25) is 4.98 Å². The lowest BCUT2D eigenvalue weighted by molar-refractivity contribution is -0.274. The molecule has 11 heteroatoms. The van der Waals surface area contributed by atoms with Crippen LogP contribution in [0.3, 0.4) is 0 Å². The van der Waals surface area contributed by atoms with Gasteiger partial charge >= 0.3 is 6.36 Å². The molecule has 3 fully saturated rings. The molecule has 3 saturated carbocycles. The molecule has 1 N–H and O–H groups in total. The lowest BCUT2D eigenvalue weighted by Gasteiger charge is -2.36. The number of anilines is 1. The number of rotatable bonds is 8. The molecule has 2 unspecified atom stereocenters. The molecule has 0 radical (unpaired) electrons. The second-order valence-corrected chi connectivity index (χ2v) is 11.3. The molecule has 41 heavy (non-hydrogen) atoms. The Kier molecular flexibility index (Phi) is 6.56. The normalized spacial score (nSPS) is 24.1. The summed E-state index contributed by atoms with van der Waals surface area (Å²) in [5.41, 5.74) is 2.41. The summed E-state index contributed by atoms with van der Waals surface area (Å²) >= 11 is 0. The van der Waals surface area contributed by atoms with Crippen molar-refractivity contribution in [2.24, 2.45) is 11.8 Å². The minimum atomic E-state index is -4.82. The summed E-state index contributed by atoms with van der Waals surface area (Å²) in [5, 5.41) is 7.76. The molecule has 3 aliphatic rings. The van der Waals surface area contributed by atoms with Crippen LogP contribution >= 0.6 is 0 Å².